The molecule has 4 rings (SSSR count). The highest BCUT2D eigenvalue weighted by molar-refractivity contribution is 5.96. The maximum absolute atomic E-state index is 13.1. The summed E-state index contributed by atoms with van der Waals surface area (Å²) in [5.74, 6) is -0.656. The van der Waals surface area contributed by atoms with Gasteiger partial charge in [-0.05, 0) is 44.2 Å². The molecule has 1 aliphatic heterocycles. The van der Waals surface area contributed by atoms with Crippen LogP contribution in [0, 0.1) is 0 Å². The summed E-state index contributed by atoms with van der Waals surface area (Å²) in [5, 5.41) is 0. The Morgan fingerprint density at radius 2 is 1.74 bits per heavy atom. The molecule has 0 spiro atoms. The number of anilines is 1. The van der Waals surface area contributed by atoms with Gasteiger partial charge < -0.3 is 23.7 Å². The number of benzene rings is 1. The number of fused-ring (bicyclic) bond motifs is 1. The van der Waals surface area contributed by atoms with Gasteiger partial charge in [0.2, 0.25) is 5.91 Å². The Morgan fingerprint density at radius 3 is 2.38 bits per heavy atom. The van der Waals surface area contributed by atoms with Gasteiger partial charge in [-0.1, -0.05) is 6.07 Å². The molecule has 1 fully saturated rings. The van der Waals surface area contributed by atoms with E-state index in [1.54, 1.807) is 35.4 Å². The van der Waals surface area contributed by atoms with Crippen LogP contribution >= 0.6 is 0 Å². The van der Waals surface area contributed by atoms with Gasteiger partial charge in [0.05, 0.1) is 22.7 Å². The van der Waals surface area contributed by atoms with E-state index in [2.05, 4.69) is 0 Å². The van der Waals surface area contributed by atoms with Crippen molar-refractivity contribution in [1.82, 2.24) is 14.0 Å². The highest BCUT2D eigenvalue weighted by Gasteiger charge is 2.31. The fourth-order valence-corrected chi connectivity index (χ4v) is 4.21. The molecule has 0 N–H and O–H groups in total. The fourth-order valence-electron chi connectivity index (χ4n) is 4.21. The highest BCUT2D eigenvalue weighted by atomic mass is 19.4. The minimum Gasteiger partial charge on any atom is -0.458 e. The summed E-state index contributed by atoms with van der Waals surface area (Å²) in [6.45, 7) is 5.09. The molecule has 10 heteroatoms. The number of hydrogen-bond donors (Lipinski definition) is 0. The van der Waals surface area contributed by atoms with E-state index < -0.39 is 17.7 Å². The number of halogens is 3. The number of hydrogen-bond acceptors (Lipinski definition) is 4. The lowest BCUT2D eigenvalue weighted by atomic mass is 10.1. The molecule has 34 heavy (non-hydrogen) atoms. The summed E-state index contributed by atoms with van der Waals surface area (Å²) >= 11 is 0. The number of carbonyl (C=O) groups is 2. The van der Waals surface area contributed by atoms with Gasteiger partial charge in [-0.3, -0.25) is 4.79 Å². The van der Waals surface area contributed by atoms with Gasteiger partial charge >= 0.3 is 12.1 Å². The zero-order chi connectivity index (χ0) is 24.6. The molecular formula is C24H27F3N4O3. The molecule has 1 saturated heterocycles. The second kappa shape index (κ2) is 9.08. The van der Waals surface area contributed by atoms with Crippen molar-refractivity contribution in [2.75, 3.05) is 31.1 Å². The summed E-state index contributed by atoms with van der Waals surface area (Å²) in [4.78, 5) is 29.3. The molecule has 0 atom stereocenters. The average Bonchev–Trinajstić information content (AvgIpc) is 3.33. The zero-order valence-electron chi connectivity index (χ0n) is 19.3. The van der Waals surface area contributed by atoms with Gasteiger partial charge in [0, 0.05) is 45.1 Å². The minimum atomic E-state index is -4.40. The van der Waals surface area contributed by atoms with Gasteiger partial charge in [-0.15, -0.1) is 0 Å². The van der Waals surface area contributed by atoms with Crippen molar-refractivity contribution < 1.29 is 27.5 Å². The molecule has 3 heterocycles. The summed E-state index contributed by atoms with van der Waals surface area (Å²) < 4.78 is 48.0. The van der Waals surface area contributed by atoms with Crippen molar-refractivity contribution in [2.24, 2.45) is 7.05 Å². The monoisotopic (exact) mass is 476 g/mol. The first-order chi connectivity index (χ1) is 16.0. The average molecular weight is 476 g/mol. The van der Waals surface area contributed by atoms with E-state index in [1.165, 1.54) is 6.07 Å². The maximum atomic E-state index is 13.1. The molecule has 1 aliphatic rings. The quantitative estimate of drug-likeness (QED) is 0.524. The molecule has 1 aromatic carbocycles. The first-order valence-corrected chi connectivity index (χ1v) is 11.1. The van der Waals surface area contributed by atoms with Crippen molar-refractivity contribution in [2.45, 2.75) is 32.7 Å². The first kappa shape index (κ1) is 23.7. The maximum Gasteiger partial charge on any atom is 0.416 e. The van der Waals surface area contributed by atoms with E-state index in [1.807, 2.05) is 28.8 Å². The number of rotatable bonds is 5. The van der Waals surface area contributed by atoms with E-state index in [0.29, 0.717) is 37.6 Å². The van der Waals surface area contributed by atoms with E-state index in [-0.39, 0.29) is 18.6 Å². The van der Waals surface area contributed by atoms with Crippen LogP contribution in [0.3, 0.4) is 0 Å². The molecule has 1 amide bonds. The third kappa shape index (κ3) is 4.76. The Bertz CT molecular complexity index is 1200. The van der Waals surface area contributed by atoms with Crippen LogP contribution in [0.2, 0.25) is 0 Å². The Balaban J connectivity index is 1.47. The molecule has 2 aromatic heterocycles. The van der Waals surface area contributed by atoms with Crippen LogP contribution in [0.5, 0.6) is 0 Å². The van der Waals surface area contributed by atoms with Crippen LogP contribution in [0.1, 0.15) is 29.9 Å². The van der Waals surface area contributed by atoms with Crippen LogP contribution in [0.4, 0.5) is 18.9 Å². The Hall–Kier alpha value is -3.43. The minimum absolute atomic E-state index is 0.0282. The molecule has 182 valence electrons. The standard InChI is InChI=1S/C24H27F3N4O3/c1-16(2)34-23(33)21-14-20-19(7-8-28(20)3)31(21)15-22(32)30-11-9-29(10-12-30)18-6-4-5-17(13-18)24(25,26)27/h4-8,13-14,16H,9-12,15H2,1-3H3. The lowest BCUT2D eigenvalue weighted by Gasteiger charge is -2.36. The molecule has 7 nitrogen and oxygen atoms in total. The Morgan fingerprint density at radius 1 is 1.03 bits per heavy atom. The first-order valence-electron chi connectivity index (χ1n) is 11.1. The van der Waals surface area contributed by atoms with Gasteiger partial charge in [0.1, 0.15) is 12.2 Å². The van der Waals surface area contributed by atoms with E-state index in [4.69, 9.17) is 4.74 Å². The molecule has 0 saturated carbocycles. The van der Waals surface area contributed by atoms with Gasteiger partial charge in [0.15, 0.2) is 0 Å². The number of amides is 1. The fraction of sp³-hybridized carbons (Fsp3) is 0.417. The second-order valence-corrected chi connectivity index (χ2v) is 8.68. The number of piperazine rings is 1. The lowest BCUT2D eigenvalue weighted by molar-refractivity contribution is -0.137. The number of ether oxygens (including phenoxy) is 1. The third-order valence-electron chi connectivity index (χ3n) is 5.97. The van der Waals surface area contributed by atoms with Crippen molar-refractivity contribution in [3.05, 3.63) is 53.9 Å². The lowest BCUT2D eigenvalue weighted by Crippen LogP contribution is -2.49. The largest absolute Gasteiger partial charge is 0.458 e. The number of alkyl halides is 3. The molecule has 0 bridgehead atoms. The van der Waals surface area contributed by atoms with E-state index in [0.717, 1.165) is 23.2 Å². The molecule has 3 aromatic rings. The van der Waals surface area contributed by atoms with Gasteiger partial charge in [-0.25, -0.2) is 4.79 Å². The number of nitrogens with zero attached hydrogens (tertiary/aromatic N) is 4. The molecular weight excluding hydrogens is 449 g/mol. The highest BCUT2D eigenvalue weighted by Crippen LogP contribution is 2.32. The van der Waals surface area contributed by atoms with Crippen LogP contribution < -0.4 is 4.90 Å². The van der Waals surface area contributed by atoms with Crippen molar-refractivity contribution >= 4 is 28.6 Å². The van der Waals surface area contributed by atoms with Gasteiger partial charge in [-0.2, -0.15) is 13.2 Å². The number of aryl methyl sites for hydroxylation is 1. The Labute approximate surface area is 195 Å². The van der Waals surface area contributed by atoms with Crippen molar-refractivity contribution in [3.8, 4) is 0 Å². The van der Waals surface area contributed by atoms with E-state index >= 15 is 0 Å². The summed E-state index contributed by atoms with van der Waals surface area (Å²) in [6.07, 6.45) is -2.84. The van der Waals surface area contributed by atoms with Crippen LogP contribution in [0.15, 0.2) is 42.6 Å². The normalized spacial score (nSPS) is 14.8. The number of aromatic nitrogens is 2. The van der Waals surface area contributed by atoms with Gasteiger partial charge in [0.25, 0.3) is 0 Å². The van der Waals surface area contributed by atoms with E-state index in [9.17, 15) is 22.8 Å². The summed E-state index contributed by atoms with van der Waals surface area (Å²) in [6, 6.07) is 8.79. The zero-order valence-corrected chi connectivity index (χ0v) is 19.3. The number of carbonyl (C=O) groups excluding carboxylic acids is 2. The van der Waals surface area contributed by atoms with Crippen LogP contribution in [-0.2, 0) is 29.3 Å². The SMILES string of the molecule is CC(C)OC(=O)c1cc2c(ccn2C)n1CC(=O)N1CCN(c2cccc(C(F)(F)F)c2)CC1. The molecule has 0 aliphatic carbocycles. The predicted octanol–water partition coefficient (Wildman–Crippen LogP) is 3.91. The summed E-state index contributed by atoms with van der Waals surface area (Å²) in [7, 11) is 1.86. The van der Waals surface area contributed by atoms with Crippen molar-refractivity contribution in [3.63, 3.8) is 0 Å². The van der Waals surface area contributed by atoms with Crippen molar-refractivity contribution in [1.29, 1.82) is 0 Å². The predicted molar refractivity (Wildman–Crippen MR) is 122 cm³/mol. The molecule has 0 unspecified atom stereocenters. The van der Waals surface area contributed by atoms with Crippen LogP contribution in [-0.4, -0.2) is 58.2 Å². The number of esters is 1. The second-order valence-electron chi connectivity index (χ2n) is 8.68. The third-order valence-corrected chi connectivity index (χ3v) is 5.97. The Kier molecular flexibility index (Phi) is 6.33. The smallest absolute Gasteiger partial charge is 0.416 e. The van der Waals surface area contributed by atoms with Crippen LogP contribution in [0.25, 0.3) is 11.0 Å². The molecule has 0 radical (unpaired) electrons. The topological polar surface area (TPSA) is 59.7 Å². The summed E-state index contributed by atoms with van der Waals surface area (Å²) in [5.41, 5.74) is 1.68.